The molecule has 4 rings (SSSR count). The average molecular weight is 552 g/mol. The van der Waals surface area contributed by atoms with E-state index < -0.39 is 0 Å². The van der Waals surface area contributed by atoms with Crippen LogP contribution in [0.4, 0.5) is 34.1 Å². The van der Waals surface area contributed by atoms with Gasteiger partial charge in [-0.1, -0.05) is 0 Å². The molecule has 0 fully saturated rings. The van der Waals surface area contributed by atoms with E-state index >= 15 is 0 Å². The van der Waals surface area contributed by atoms with Crippen molar-refractivity contribution in [3.8, 4) is 0 Å². The van der Waals surface area contributed by atoms with E-state index in [2.05, 4.69) is 26.6 Å². The Labute approximate surface area is 236 Å². The number of nitrogens with one attached hydrogen (secondary N) is 5. The molecule has 0 aliphatic rings. The summed E-state index contributed by atoms with van der Waals surface area (Å²) in [7, 11) is 0. The van der Waals surface area contributed by atoms with Crippen LogP contribution in [0.1, 0.15) is 20.7 Å². The van der Waals surface area contributed by atoms with E-state index in [0.29, 0.717) is 33.9 Å². The van der Waals surface area contributed by atoms with E-state index in [-0.39, 0.29) is 36.7 Å². The van der Waals surface area contributed by atoms with Gasteiger partial charge >= 0.3 is 0 Å². The normalized spacial score (nSPS) is 10.3. The van der Waals surface area contributed by atoms with Gasteiger partial charge in [0.1, 0.15) is 0 Å². The Morgan fingerprint density at radius 3 is 1.00 bits per heavy atom. The Balaban J connectivity index is 1.28. The number of hydrogen-bond donors (Lipinski definition) is 7. The van der Waals surface area contributed by atoms with Crippen LogP contribution in [0.25, 0.3) is 0 Å². The first-order chi connectivity index (χ1) is 19.8. The summed E-state index contributed by atoms with van der Waals surface area (Å²) in [5.74, 6) is -1.19. The van der Waals surface area contributed by atoms with Crippen molar-refractivity contribution in [2.45, 2.75) is 0 Å². The number of carbonyl (C=O) groups is 4. The second kappa shape index (κ2) is 13.5. The van der Waals surface area contributed by atoms with Crippen LogP contribution in [0, 0.1) is 0 Å². The number of anilines is 6. The second-order valence-electron chi connectivity index (χ2n) is 8.85. The summed E-state index contributed by atoms with van der Waals surface area (Å²) in [5, 5.41) is 14.2. The van der Waals surface area contributed by atoms with Crippen LogP contribution < -0.4 is 38.1 Å². The third kappa shape index (κ3) is 8.23. The summed E-state index contributed by atoms with van der Waals surface area (Å²) < 4.78 is 0. The Hall–Kier alpha value is -5.52. The zero-order chi connectivity index (χ0) is 29.2. The summed E-state index contributed by atoms with van der Waals surface area (Å²) >= 11 is 0. The van der Waals surface area contributed by atoms with Crippen LogP contribution in [-0.4, -0.2) is 36.7 Å². The molecule has 11 nitrogen and oxygen atoms in total. The van der Waals surface area contributed by atoms with Crippen molar-refractivity contribution < 1.29 is 19.2 Å². The molecule has 0 aliphatic heterocycles. The van der Waals surface area contributed by atoms with Crippen LogP contribution >= 0.6 is 0 Å². The lowest BCUT2D eigenvalue weighted by atomic mass is 10.1. The maximum absolute atomic E-state index is 12.6. The molecule has 0 heterocycles. The first-order valence-electron chi connectivity index (χ1n) is 12.6. The molecular weight excluding hydrogens is 522 g/mol. The highest BCUT2D eigenvalue weighted by Crippen LogP contribution is 2.22. The predicted octanol–water partition coefficient (Wildman–Crippen LogP) is 3.73. The van der Waals surface area contributed by atoms with Gasteiger partial charge in [0.25, 0.3) is 11.8 Å². The molecule has 0 radical (unpaired) electrons. The lowest BCUT2D eigenvalue weighted by Gasteiger charge is -2.11. The van der Waals surface area contributed by atoms with Gasteiger partial charge in [0.2, 0.25) is 11.8 Å². The van der Waals surface area contributed by atoms with Gasteiger partial charge in [-0.3, -0.25) is 19.2 Å². The monoisotopic (exact) mass is 551 g/mol. The number of hydrogen-bond acceptors (Lipinski definition) is 7. The Bertz CT molecular complexity index is 1400. The maximum atomic E-state index is 12.6. The zero-order valence-electron chi connectivity index (χ0n) is 21.9. The molecule has 41 heavy (non-hydrogen) atoms. The number of carbonyl (C=O) groups excluding carboxylic acids is 4. The number of rotatable bonds is 10. The first-order valence-corrected chi connectivity index (χ1v) is 12.6. The molecule has 0 bridgehead atoms. The van der Waals surface area contributed by atoms with Crippen LogP contribution in [0.15, 0.2) is 97.1 Å². The van der Waals surface area contributed by atoms with Crippen molar-refractivity contribution >= 4 is 57.8 Å². The van der Waals surface area contributed by atoms with Crippen molar-refractivity contribution in [1.82, 2.24) is 0 Å². The molecule has 0 atom stereocenters. The van der Waals surface area contributed by atoms with Gasteiger partial charge in [-0.2, -0.15) is 0 Å². The largest absolute Gasteiger partial charge is 0.356 e. The molecule has 0 unspecified atom stereocenters. The van der Waals surface area contributed by atoms with E-state index in [4.69, 9.17) is 11.5 Å². The van der Waals surface area contributed by atoms with Crippen molar-refractivity contribution in [1.29, 1.82) is 0 Å². The lowest BCUT2D eigenvalue weighted by Crippen LogP contribution is -2.21. The smallest absolute Gasteiger partial charge is 0.255 e. The van der Waals surface area contributed by atoms with Gasteiger partial charge in [-0.25, -0.2) is 0 Å². The van der Waals surface area contributed by atoms with E-state index in [1.807, 2.05) is 24.3 Å². The van der Waals surface area contributed by atoms with E-state index in [1.54, 1.807) is 72.8 Å². The van der Waals surface area contributed by atoms with Crippen molar-refractivity contribution in [2.75, 3.05) is 39.7 Å². The minimum atomic E-state index is -0.311. The highest BCUT2D eigenvalue weighted by Gasteiger charge is 2.09. The van der Waals surface area contributed by atoms with Crippen molar-refractivity contribution in [2.24, 2.45) is 11.5 Å². The highest BCUT2D eigenvalue weighted by atomic mass is 16.2. The fourth-order valence-electron chi connectivity index (χ4n) is 3.68. The fourth-order valence-corrected chi connectivity index (χ4v) is 3.68. The third-order valence-corrected chi connectivity index (χ3v) is 5.81. The molecule has 0 aromatic heterocycles. The van der Waals surface area contributed by atoms with E-state index in [1.165, 1.54) is 0 Å². The fraction of sp³-hybridized carbons (Fsp3) is 0.0667. The van der Waals surface area contributed by atoms with Crippen molar-refractivity contribution in [3.63, 3.8) is 0 Å². The Kier molecular flexibility index (Phi) is 9.39. The quantitative estimate of drug-likeness (QED) is 0.157. The standard InChI is InChI=1S/C30H29N7O4/c31-17-27(38)34-23-5-1-19(2-6-23)29(40)36-25-13-9-21(10-14-25)33-22-11-15-26(16-12-22)37-30(41)20-3-7-24(8-4-20)35-28(39)18-32/h1-16,33H,17-18,31-32H2,(H,34,38)(H,35,39)(H,36,40)(H,37,41). The van der Waals surface area contributed by atoms with Gasteiger partial charge < -0.3 is 38.1 Å². The van der Waals surface area contributed by atoms with Gasteiger partial charge in [0.15, 0.2) is 0 Å². The number of benzene rings is 4. The minimum absolute atomic E-state index is 0.118. The van der Waals surface area contributed by atoms with E-state index in [0.717, 1.165) is 11.4 Å². The molecule has 11 heteroatoms. The summed E-state index contributed by atoms with van der Waals surface area (Å²) in [5.41, 5.74) is 15.4. The average Bonchev–Trinajstić information content (AvgIpc) is 2.99. The number of nitrogens with two attached hydrogens (primary N) is 2. The first kappa shape index (κ1) is 28.5. The summed E-state index contributed by atoms with van der Waals surface area (Å²) in [6, 6.07) is 27.4. The molecule has 208 valence electrons. The summed E-state index contributed by atoms with van der Waals surface area (Å²) in [4.78, 5) is 47.9. The topological polar surface area (TPSA) is 180 Å². The molecule has 0 saturated heterocycles. The van der Waals surface area contributed by atoms with Crippen LogP contribution in [-0.2, 0) is 9.59 Å². The van der Waals surface area contributed by atoms with Crippen LogP contribution in [0.2, 0.25) is 0 Å². The minimum Gasteiger partial charge on any atom is -0.356 e. The molecular formula is C30H29N7O4. The molecule has 4 amide bonds. The molecule has 0 spiro atoms. The summed E-state index contributed by atoms with van der Waals surface area (Å²) in [6.45, 7) is -0.236. The summed E-state index contributed by atoms with van der Waals surface area (Å²) in [6.07, 6.45) is 0. The van der Waals surface area contributed by atoms with Gasteiger partial charge in [0, 0.05) is 45.3 Å². The Morgan fingerprint density at radius 1 is 0.415 bits per heavy atom. The van der Waals surface area contributed by atoms with Crippen LogP contribution in [0.3, 0.4) is 0 Å². The van der Waals surface area contributed by atoms with Gasteiger partial charge in [-0.15, -0.1) is 0 Å². The molecule has 9 N–H and O–H groups in total. The molecule has 4 aromatic carbocycles. The zero-order valence-corrected chi connectivity index (χ0v) is 21.9. The lowest BCUT2D eigenvalue weighted by molar-refractivity contribution is -0.115. The predicted molar refractivity (Wildman–Crippen MR) is 160 cm³/mol. The second-order valence-corrected chi connectivity index (χ2v) is 8.85. The SMILES string of the molecule is NCC(=O)Nc1ccc(C(=O)Nc2ccc(Nc3ccc(NC(=O)c4ccc(NC(=O)CN)cc4)cc3)cc2)cc1. The Morgan fingerprint density at radius 2 is 0.683 bits per heavy atom. The van der Waals surface area contributed by atoms with E-state index in [9.17, 15) is 19.2 Å². The van der Waals surface area contributed by atoms with Crippen molar-refractivity contribution in [3.05, 3.63) is 108 Å². The number of amides is 4. The maximum Gasteiger partial charge on any atom is 0.255 e. The molecule has 0 saturated carbocycles. The third-order valence-electron chi connectivity index (χ3n) is 5.81. The molecule has 4 aromatic rings. The van der Waals surface area contributed by atoms with Gasteiger partial charge in [-0.05, 0) is 97.1 Å². The van der Waals surface area contributed by atoms with Crippen LogP contribution in [0.5, 0.6) is 0 Å². The van der Waals surface area contributed by atoms with Gasteiger partial charge in [0.05, 0.1) is 13.1 Å². The molecule has 0 aliphatic carbocycles. The highest BCUT2D eigenvalue weighted by molar-refractivity contribution is 6.05.